The largest absolute Gasteiger partial charge is 0.491 e. The Bertz CT molecular complexity index is 1620. The smallest absolute Gasteiger partial charge is 0.439 e. The van der Waals surface area contributed by atoms with Gasteiger partial charge in [0.25, 0.3) is 0 Å². The van der Waals surface area contributed by atoms with Gasteiger partial charge in [-0.1, -0.05) is 35.5 Å². The van der Waals surface area contributed by atoms with Crippen molar-refractivity contribution in [1.82, 2.24) is 30.0 Å². The highest BCUT2D eigenvalue weighted by Crippen LogP contribution is 2.33. The van der Waals surface area contributed by atoms with Crippen molar-refractivity contribution in [2.75, 3.05) is 13.2 Å². The van der Waals surface area contributed by atoms with Gasteiger partial charge in [0.2, 0.25) is 0 Å². The standard InChI is InChI=1S/C30H31N7O4/c1-4-40-21-17-32-28(33-18-21)30(2,3)25-13-14-37(26(34-25)10-7-15-38)19-20-11-12-24(31-16-20)22-8-5-6-9-23(22)27-35-29(39)41-36-27/h5-6,8-9,11-13,15-18H,4,7,10,14,19H2,1-3H3,(H,35,36,39). The molecule has 4 heterocycles. The number of carbonyl (C=O) groups is 1. The fraction of sp³-hybridized carbons (Fsp3) is 0.300. The van der Waals surface area contributed by atoms with Crippen LogP contribution in [-0.2, 0) is 16.8 Å². The molecule has 0 spiro atoms. The van der Waals surface area contributed by atoms with Gasteiger partial charge >= 0.3 is 5.76 Å². The average Bonchev–Trinajstić information content (AvgIpc) is 3.43. The molecular formula is C30H31N7O4. The highest BCUT2D eigenvalue weighted by atomic mass is 16.5. The molecule has 0 atom stereocenters. The molecule has 0 bridgehead atoms. The first-order chi connectivity index (χ1) is 19.9. The normalized spacial score (nSPS) is 13.5. The number of allylic oxidation sites excluding steroid dienone is 1. The number of hydrogen-bond acceptors (Lipinski definition) is 10. The van der Waals surface area contributed by atoms with Gasteiger partial charge in [0.05, 0.1) is 35.8 Å². The SMILES string of the molecule is CCOc1cnc(C(C)(C)C2=CCN(Cc3ccc(-c4ccccc4-c4noc(=O)[nH]4)nc3)C(CCC=O)=N2)nc1. The van der Waals surface area contributed by atoms with Gasteiger partial charge in [-0.3, -0.25) is 14.5 Å². The maximum atomic E-state index is 11.5. The van der Waals surface area contributed by atoms with E-state index < -0.39 is 11.2 Å². The van der Waals surface area contributed by atoms with Crippen molar-refractivity contribution >= 4 is 12.1 Å². The maximum absolute atomic E-state index is 11.5. The van der Waals surface area contributed by atoms with E-state index >= 15 is 0 Å². The molecule has 0 saturated carbocycles. The molecule has 41 heavy (non-hydrogen) atoms. The molecule has 0 unspecified atom stereocenters. The first kappa shape index (κ1) is 27.6. The molecule has 0 radical (unpaired) electrons. The average molecular weight is 554 g/mol. The minimum atomic E-state index is -0.612. The van der Waals surface area contributed by atoms with Crippen LogP contribution in [-0.4, -0.2) is 55.3 Å². The topological polar surface area (TPSA) is 139 Å². The van der Waals surface area contributed by atoms with Crippen molar-refractivity contribution in [3.8, 4) is 28.4 Å². The van der Waals surface area contributed by atoms with Gasteiger partial charge in [-0.05, 0) is 38.5 Å². The van der Waals surface area contributed by atoms with Crippen LogP contribution in [0.1, 0.15) is 45.0 Å². The number of nitrogens with zero attached hydrogens (tertiary/aromatic N) is 6. The lowest BCUT2D eigenvalue weighted by atomic mass is 9.87. The summed E-state index contributed by atoms with van der Waals surface area (Å²) in [6, 6.07) is 11.5. The second-order valence-corrected chi connectivity index (χ2v) is 10.0. The molecule has 5 rings (SSSR count). The third kappa shape index (κ3) is 6.13. The Hall–Kier alpha value is -4.93. The van der Waals surface area contributed by atoms with Crippen LogP contribution in [0.3, 0.4) is 0 Å². The first-order valence-corrected chi connectivity index (χ1v) is 13.4. The lowest BCUT2D eigenvalue weighted by Crippen LogP contribution is -2.36. The van der Waals surface area contributed by atoms with Crippen molar-refractivity contribution < 1.29 is 14.1 Å². The molecule has 0 fully saturated rings. The summed E-state index contributed by atoms with van der Waals surface area (Å²) >= 11 is 0. The predicted octanol–water partition coefficient (Wildman–Crippen LogP) is 4.34. The number of pyridine rings is 1. The number of aromatic amines is 1. The third-order valence-corrected chi connectivity index (χ3v) is 6.84. The van der Waals surface area contributed by atoms with Crippen molar-refractivity contribution in [2.45, 2.75) is 45.6 Å². The van der Waals surface area contributed by atoms with E-state index in [9.17, 15) is 9.59 Å². The molecule has 1 aliphatic heterocycles. The number of benzene rings is 1. The summed E-state index contributed by atoms with van der Waals surface area (Å²) in [4.78, 5) is 46.2. The summed E-state index contributed by atoms with van der Waals surface area (Å²) in [5.74, 6) is 1.84. The summed E-state index contributed by atoms with van der Waals surface area (Å²) in [6.07, 6.45) is 9.08. The van der Waals surface area contributed by atoms with Gasteiger partial charge in [-0.25, -0.2) is 19.8 Å². The van der Waals surface area contributed by atoms with Crippen LogP contribution in [0, 0.1) is 0 Å². The number of nitrogens with one attached hydrogen (secondary N) is 1. The Kier molecular flexibility index (Phi) is 8.14. The van der Waals surface area contributed by atoms with Gasteiger partial charge in [0, 0.05) is 43.3 Å². The fourth-order valence-electron chi connectivity index (χ4n) is 4.66. The van der Waals surface area contributed by atoms with E-state index in [1.807, 2.05) is 63.4 Å². The van der Waals surface area contributed by atoms with Crippen LogP contribution in [0.4, 0.5) is 0 Å². The number of aromatic nitrogens is 5. The second-order valence-electron chi connectivity index (χ2n) is 10.0. The zero-order chi connectivity index (χ0) is 28.8. The van der Waals surface area contributed by atoms with Gasteiger partial charge in [0.15, 0.2) is 11.6 Å². The Balaban J connectivity index is 1.35. The molecule has 11 nitrogen and oxygen atoms in total. The van der Waals surface area contributed by atoms with E-state index in [1.54, 1.807) is 12.4 Å². The number of amidine groups is 1. The molecular weight excluding hydrogens is 522 g/mol. The van der Waals surface area contributed by atoms with Crippen molar-refractivity contribution in [1.29, 1.82) is 0 Å². The Labute approximate surface area is 237 Å². The van der Waals surface area contributed by atoms with Gasteiger partial charge in [0.1, 0.15) is 17.9 Å². The van der Waals surface area contributed by atoms with Crippen LogP contribution in [0.5, 0.6) is 5.75 Å². The number of aliphatic imine (C=N–C) groups is 1. The Morgan fingerprint density at radius 1 is 1.07 bits per heavy atom. The predicted molar refractivity (Wildman–Crippen MR) is 153 cm³/mol. The highest BCUT2D eigenvalue weighted by molar-refractivity contribution is 5.86. The molecule has 0 saturated heterocycles. The van der Waals surface area contributed by atoms with Crippen LogP contribution in [0.15, 0.2) is 81.1 Å². The summed E-state index contributed by atoms with van der Waals surface area (Å²) in [7, 11) is 0. The second kappa shape index (κ2) is 12.1. The minimum Gasteiger partial charge on any atom is -0.491 e. The third-order valence-electron chi connectivity index (χ3n) is 6.84. The van der Waals surface area contributed by atoms with Gasteiger partial charge in [-0.15, -0.1) is 0 Å². The summed E-state index contributed by atoms with van der Waals surface area (Å²) < 4.78 is 10.2. The molecule has 1 aromatic carbocycles. The maximum Gasteiger partial charge on any atom is 0.439 e. The number of carbonyl (C=O) groups excluding carboxylic acids is 1. The molecule has 1 aliphatic rings. The lowest BCUT2D eigenvalue weighted by molar-refractivity contribution is -0.107. The summed E-state index contributed by atoms with van der Waals surface area (Å²) in [5, 5.41) is 3.82. The molecule has 0 amide bonds. The number of ether oxygens (including phenoxy) is 1. The highest BCUT2D eigenvalue weighted by Gasteiger charge is 2.32. The minimum absolute atomic E-state index is 0.349. The molecule has 3 aromatic heterocycles. The summed E-state index contributed by atoms with van der Waals surface area (Å²) in [6.45, 7) is 7.75. The van der Waals surface area contributed by atoms with Crippen molar-refractivity contribution in [3.05, 3.63) is 88.7 Å². The quantitative estimate of drug-likeness (QED) is 0.269. The lowest BCUT2D eigenvalue weighted by Gasteiger charge is -2.33. The fourth-order valence-corrected chi connectivity index (χ4v) is 4.66. The monoisotopic (exact) mass is 553 g/mol. The van der Waals surface area contributed by atoms with Gasteiger partial charge < -0.3 is 14.4 Å². The van der Waals surface area contributed by atoms with E-state index in [0.29, 0.717) is 49.9 Å². The Morgan fingerprint density at radius 2 is 1.85 bits per heavy atom. The van der Waals surface area contributed by atoms with Gasteiger partial charge in [-0.2, -0.15) is 0 Å². The molecule has 4 aromatic rings. The van der Waals surface area contributed by atoms with Crippen LogP contribution in [0.25, 0.3) is 22.6 Å². The van der Waals surface area contributed by atoms with E-state index in [1.165, 1.54) is 0 Å². The summed E-state index contributed by atoms with van der Waals surface area (Å²) in [5.41, 5.74) is 3.59. The molecule has 11 heteroatoms. The van der Waals surface area contributed by atoms with Crippen LogP contribution < -0.4 is 10.5 Å². The zero-order valence-electron chi connectivity index (χ0n) is 23.2. The van der Waals surface area contributed by atoms with E-state index in [-0.39, 0.29) is 0 Å². The first-order valence-electron chi connectivity index (χ1n) is 13.4. The molecule has 210 valence electrons. The van der Waals surface area contributed by atoms with E-state index in [0.717, 1.165) is 40.2 Å². The zero-order valence-corrected chi connectivity index (χ0v) is 23.2. The van der Waals surface area contributed by atoms with E-state index in [2.05, 4.69) is 35.6 Å². The van der Waals surface area contributed by atoms with E-state index in [4.69, 9.17) is 14.7 Å². The molecule has 0 aliphatic carbocycles. The number of aldehydes is 1. The molecule has 1 N–H and O–H groups in total. The van der Waals surface area contributed by atoms with Crippen LogP contribution in [0.2, 0.25) is 0 Å². The Morgan fingerprint density at radius 3 is 2.51 bits per heavy atom. The number of rotatable bonds is 11. The van der Waals surface area contributed by atoms with Crippen LogP contribution >= 0.6 is 0 Å². The number of hydrogen-bond donors (Lipinski definition) is 1. The van der Waals surface area contributed by atoms with Crippen molar-refractivity contribution in [3.63, 3.8) is 0 Å². The van der Waals surface area contributed by atoms with Crippen molar-refractivity contribution in [2.24, 2.45) is 4.99 Å². The number of H-pyrrole nitrogens is 1.